The molecule has 0 radical (unpaired) electrons. The van der Waals surface area contributed by atoms with Crippen molar-refractivity contribution in [2.45, 2.75) is 45.8 Å². The smallest absolute Gasteiger partial charge is 0.398 e. The molecule has 2 fully saturated rings. The number of nitrogens with zero attached hydrogens (tertiary/aromatic N) is 1. The topological polar surface area (TPSA) is 30.9 Å². The molecule has 0 spiro atoms. The lowest BCUT2D eigenvalue weighted by Crippen LogP contribution is -2.41. The quantitative estimate of drug-likeness (QED) is 0.661. The number of allylic oxidation sites excluding steroid dienone is 1. The Balaban J connectivity index is 1.85. The molecule has 0 bridgehead atoms. The van der Waals surface area contributed by atoms with Crippen LogP contribution in [0.5, 0.6) is 0 Å². The van der Waals surface area contributed by atoms with Gasteiger partial charge in [0.2, 0.25) is 0 Å². The van der Waals surface area contributed by atoms with Crippen molar-refractivity contribution in [2.75, 3.05) is 31.2 Å². The van der Waals surface area contributed by atoms with E-state index in [0.717, 1.165) is 42.0 Å². The second kappa shape index (κ2) is 7.26. The summed E-state index contributed by atoms with van der Waals surface area (Å²) in [5, 5.41) is 0. The normalized spacial score (nSPS) is 23.2. The molecule has 7 heteroatoms. The van der Waals surface area contributed by atoms with Crippen LogP contribution in [0.15, 0.2) is 28.4 Å². The summed E-state index contributed by atoms with van der Waals surface area (Å²) in [4.78, 5) is 2.27. The summed E-state index contributed by atoms with van der Waals surface area (Å²) >= 11 is 3.60. The molecule has 4 nitrogen and oxygen atoms in total. The van der Waals surface area contributed by atoms with Crippen LogP contribution in [0.4, 0.5) is 10.1 Å². The van der Waals surface area contributed by atoms with E-state index in [-0.39, 0.29) is 5.73 Å². The summed E-state index contributed by atoms with van der Waals surface area (Å²) < 4.78 is 33.0. The number of anilines is 1. The van der Waals surface area contributed by atoms with E-state index in [1.54, 1.807) is 6.92 Å². The number of ether oxygens (including phenoxy) is 1. The molecule has 2 aliphatic rings. The number of halogens is 2. The van der Waals surface area contributed by atoms with E-state index < -0.39 is 18.3 Å². The lowest BCUT2D eigenvalue weighted by Gasteiger charge is -2.32. The molecule has 0 N–H and O–H groups in total. The Labute approximate surface area is 164 Å². The van der Waals surface area contributed by atoms with Gasteiger partial charge in [0.25, 0.3) is 0 Å². The van der Waals surface area contributed by atoms with Gasteiger partial charge >= 0.3 is 7.12 Å². The molecule has 0 saturated carbocycles. The first-order valence-electron chi connectivity index (χ1n) is 8.97. The van der Waals surface area contributed by atoms with Gasteiger partial charge in [0.15, 0.2) is 0 Å². The van der Waals surface area contributed by atoms with E-state index in [2.05, 4.69) is 20.8 Å². The fourth-order valence-electron chi connectivity index (χ4n) is 3.08. The largest absolute Gasteiger partial charge is 0.525 e. The van der Waals surface area contributed by atoms with Crippen molar-refractivity contribution in [2.24, 2.45) is 0 Å². The summed E-state index contributed by atoms with van der Waals surface area (Å²) in [7, 11) is -0.981. The predicted molar refractivity (Wildman–Crippen MR) is 107 cm³/mol. The Morgan fingerprint density at radius 2 is 1.69 bits per heavy atom. The maximum absolute atomic E-state index is 15.1. The Kier molecular flexibility index (Phi) is 5.55. The van der Waals surface area contributed by atoms with E-state index in [4.69, 9.17) is 14.0 Å². The van der Waals surface area contributed by atoms with Crippen LogP contribution in [-0.2, 0) is 14.0 Å². The highest BCUT2D eigenvalue weighted by molar-refractivity contribution is 9.10. The van der Waals surface area contributed by atoms with Crippen molar-refractivity contribution in [1.29, 1.82) is 0 Å². The highest BCUT2D eigenvalue weighted by Crippen LogP contribution is 2.41. The van der Waals surface area contributed by atoms with Gasteiger partial charge in [-0.25, -0.2) is 4.39 Å². The molecule has 0 aromatic heterocycles. The van der Waals surface area contributed by atoms with E-state index in [9.17, 15) is 0 Å². The van der Waals surface area contributed by atoms with Gasteiger partial charge in [-0.05, 0) is 57.9 Å². The minimum Gasteiger partial charge on any atom is -0.398 e. The first-order valence-corrected chi connectivity index (χ1v) is 9.76. The van der Waals surface area contributed by atoms with Crippen LogP contribution in [0.2, 0.25) is 0 Å². The maximum Gasteiger partial charge on any atom is 0.525 e. The molecule has 0 atom stereocenters. The summed E-state index contributed by atoms with van der Waals surface area (Å²) in [6.07, 6.45) is 0. The highest BCUT2D eigenvalue weighted by Gasteiger charge is 2.53. The number of morpholine rings is 1. The molecule has 2 aliphatic heterocycles. The third kappa shape index (κ3) is 3.72. The zero-order valence-electron chi connectivity index (χ0n) is 16.1. The summed E-state index contributed by atoms with van der Waals surface area (Å²) in [5.41, 5.74) is 0.911. The molecule has 0 amide bonds. The van der Waals surface area contributed by atoms with Gasteiger partial charge in [-0.2, -0.15) is 0 Å². The fraction of sp³-hybridized carbons (Fsp3) is 0.579. The Bertz CT molecular complexity index is 701. The molecule has 1 aromatic rings. The first kappa shape index (κ1) is 19.9. The average Bonchev–Trinajstić information content (AvgIpc) is 2.82. The van der Waals surface area contributed by atoms with Gasteiger partial charge in [-0.15, -0.1) is 0 Å². The van der Waals surface area contributed by atoms with E-state index in [0.29, 0.717) is 5.57 Å². The molecule has 1 aromatic carbocycles. The predicted octanol–water partition coefficient (Wildman–Crippen LogP) is 4.62. The molecule has 2 heterocycles. The molecule has 142 valence electrons. The standard InChI is InChI=1S/C19H26BBrFNO3/c1-13(17(22)20-25-18(2,3)19(4,5)26-20)15-7-6-14(12-16(15)21)23-8-10-24-11-9-23/h6-7,12H,8-11H2,1-5H3. The van der Waals surface area contributed by atoms with Crippen molar-refractivity contribution in [3.05, 3.63) is 34.0 Å². The Morgan fingerprint density at radius 3 is 2.23 bits per heavy atom. The average molecular weight is 426 g/mol. The minimum atomic E-state index is -0.981. The molecule has 3 rings (SSSR count). The Hall–Kier alpha value is -0.885. The van der Waals surface area contributed by atoms with Crippen LogP contribution < -0.4 is 4.90 Å². The van der Waals surface area contributed by atoms with Crippen molar-refractivity contribution in [3.8, 4) is 0 Å². The van der Waals surface area contributed by atoms with Gasteiger partial charge < -0.3 is 18.9 Å². The van der Waals surface area contributed by atoms with Crippen LogP contribution in [0.25, 0.3) is 5.57 Å². The highest BCUT2D eigenvalue weighted by atomic mass is 79.9. The number of benzene rings is 1. The van der Waals surface area contributed by atoms with Crippen molar-refractivity contribution in [1.82, 2.24) is 0 Å². The SMILES string of the molecule is CC(=C(F)B1OC(C)(C)C(C)(C)O1)c1ccc(N2CCOCC2)cc1Br. The lowest BCUT2D eigenvalue weighted by atomic mass is 9.83. The van der Waals surface area contributed by atoms with Gasteiger partial charge in [-0.3, -0.25) is 0 Å². The monoisotopic (exact) mass is 425 g/mol. The lowest BCUT2D eigenvalue weighted by molar-refractivity contribution is 0.00578. The zero-order valence-corrected chi connectivity index (χ0v) is 17.7. The van der Waals surface area contributed by atoms with E-state index in [1.807, 2.05) is 45.9 Å². The Morgan fingerprint density at radius 1 is 1.12 bits per heavy atom. The third-order valence-electron chi connectivity index (χ3n) is 5.55. The van der Waals surface area contributed by atoms with Crippen LogP contribution in [0.1, 0.15) is 40.2 Å². The van der Waals surface area contributed by atoms with Gasteiger partial charge in [0.05, 0.1) is 24.4 Å². The van der Waals surface area contributed by atoms with E-state index in [1.165, 1.54) is 0 Å². The second-order valence-electron chi connectivity index (χ2n) is 7.82. The molecule has 0 aliphatic carbocycles. The minimum absolute atomic E-state index is 0.386. The number of rotatable bonds is 3. The van der Waals surface area contributed by atoms with Crippen LogP contribution in [0.3, 0.4) is 0 Å². The van der Waals surface area contributed by atoms with Gasteiger partial charge in [0.1, 0.15) is 5.73 Å². The maximum atomic E-state index is 15.1. The second-order valence-corrected chi connectivity index (χ2v) is 8.68. The van der Waals surface area contributed by atoms with E-state index >= 15 is 4.39 Å². The molecule has 2 saturated heterocycles. The fourth-order valence-corrected chi connectivity index (χ4v) is 3.74. The molecular formula is C19H26BBrFNO3. The van der Waals surface area contributed by atoms with Crippen molar-refractivity contribution >= 4 is 34.3 Å². The number of hydrogen-bond donors (Lipinski definition) is 0. The number of hydrogen-bond acceptors (Lipinski definition) is 4. The summed E-state index contributed by atoms with van der Waals surface area (Å²) in [6, 6.07) is 5.99. The van der Waals surface area contributed by atoms with Crippen LogP contribution in [0, 0.1) is 0 Å². The van der Waals surface area contributed by atoms with Crippen molar-refractivity contribution < 1.29 is 18.4 Å². The molecular weight excluding hydrogens is 400 g/mol. The first-order chi connectivity index (χ1) is 12.1. The third-order valence-corrected chi connectivity index (χ3v) is 6.21. The van der Waals surface area contributed by atoms with Gasteiger partial charge in [0, 0.05) is 23.2 Å². The van der Waals surface area contributed by atoms with Crippen molar-refractivity contribution in [3.63, 3.8) is 0 Å². The molecule has 26 heavy (non-hydrogen) atoms. The zero-order chi connectivity index (χ0) is 19.1. The summed E-state index contributed by atoms with van der Waals surface area (Å²) in [6.45, 7) is 12.6. The summed E-state index contributed by atoms with van der Waals surface area (Å²) in [5.74, 6) is 0. The van der Waals surface area contributed by atoms with Gasteiger partial charge in [-0.1, -0.05) is 22.0 Å². The van der Waals surface area contributed by atoms with Crippen LogP contribution >= 0.6 is 15.9 Å². The van der Waals surface area contributed by atoms with Crippen LogP contribution in [-0.4, -0.2) is 44.6 Å². The molecule has 0 unspecified atom stereocenters.